The van der Waals surface area contributed by atoms with Crippen molar-refractivity contribution < 1.29 is 9.47 Å². The number of hydrogen-bond acceptors (Lipinski definition) is 4. The molecule has 0 spiro atoms. The lowest BCUT2D eigenvalue weighted by Gasteiger charge is -2.18. The van der Waals surface area contributed by atoms with Gasteiger partial charge in [-0.1, -0.05) is 0 Å². The van der Waals surface area contributed by atoms with Crippen LogP contribution in [0.5, 0.6) is 0 Å². The lowest BCUT2D eigenvalue weighted by atomic mass is 10.1. The third-order valence-corrected chi connectivity index (χ3v) is 1.03. The highest BCUT2D eigenvalue weighted by Crippen LogP contribution is 1.98. The molecule has 0 aliphatic heterocycles. The Morgan fingerprint density at radius 2 is 1.80 bits per heavy atom. The average Bonchev–Trinajstić information content (AvgIpc) is 1.89. The maximum Gasteiger partial charge on any atom is 0.151 e. The first-order chi connectivity index (χ1) is 4.68. The molecule has 2 N–H and O–H groups in total. The highest BCUT2D eigenvalue weighted by Gasteiger charge is 2.23. The van der Waals surface area contributed by atoms with Crippen LogP contribution in [0.2, 0.25) is 0 Å². The van der Waals surface area contributed by atoms with Gasteiger partial charge in [-0.15, -0.1) is 0 Å². The molecule has 10 heavy (non-hydrogen) atoms. The quantitative estimate of drug-likeness (QED) is 0.577. The Labute approximate surface area is 60.5 Å². The smallest absolute Gasteiger partial charge is 0.151 e. The molecule has 58 valence electrons. The summed E-state index contributed by atoms with van der Waals surface area (Å²) >= 11 is 0. The lowest BCUT2D eigenvalue weighted by molar-refractivity contribution is 0.0902. The fourth-order valence-corrected chi connectivity index (χ4v) is 0.621. The van der Waals surface area contributed by atoms with E-state index in [0.717, 1.165) is 0 Å². The van der Waals surface area contributed by atoms with Crippen molar-refractivity contribution in [3.63, 3.8) is 0 Å². The zero-order valence-corrected chi connectivity index (χ0v) is 6.26. The molecule has 0 fully saturated rings. The van der Waals surface area contributed by atoms with Crippen LogP contribution < -0.4 is 5.73 Å². The summed E-state index contributed by atoms with van der Waals surface area (Å²) in [5.41, 5.74) is 4.51. The Balaban J connectivity index is 3.85. The van der Waals surface area contributed by atoms with E-state index in [2.05, 4.69) is 0 Å². The van der Waals surface area contributed by atoms with E-state index >= 15 is 0 Å². The van der Waals surface area contributed by atoms with Crippen LogP contribution in [0.3, 0.4) is 0 Å². The van der Waals surface area contributed by atoms with Gasteiger partial charge >= 0.3 is 0 Å². The van der Waals surface area contributed by atoms with E-state index in [1.807, 2.05) is 6.07 Å². The molecule has 0 heterocycles. The van der Waals surface area contributed by atoms with Crippen molar-refractivity contribution in [3.05, 3.63) is 0 Å². The fraction of sp³-hybridized carbons (Fsp3) is 0.833. The molecule has 0 amide bonds. The summed E-state index contributed by atoms with van der Waals surface area (Å²) < 4.78 is 9.45. The zero-order valence-electron chi connectivity index (χ0n) is 6.26. The average molecular weight is 144 g/mol. The van der Waals surface area contributed by atoms with E-state index in [9.17, 15) is 0 Å². The highest BCUT2D eigenvalue weighted by atomic mass is 16.5. The maximum absolute atomic E-state index is 8.51. The van der Waals surface area contributed by atoms with Gasteiger partial charge < -0.3 is 15.2 Å². The molecule has 0 aromatic heterocycles. The Morgan fingerprint density at radius 3 is 2.00 bits per heavy atom. The second-order valence-corrected chi connectivity index (χ2v) is 2.13. The van der Waals surface area contributed by atoms with Crippen molar-refractivity contribution in [3.8, 4) is 6.07 Å². The van der Waals surface area contributed by atoms with Crippen LogP contribution in [-0.2, 0) is 9.47 Å². The number of methoxy groups -OCH3 is 2. The fourth-order valence-electron chi connectivity index (χ4n) is 0.621. The van der Waals surface area contributed by atoms with Crippen LogP contribution >= 0.6 is 0 Å². The molecule has 0 bridgehead atoms. The van der Waals surface area contributed by atoms with E-state index in [4.69, 9.17) is 20.5 Å². The van der Waals surface area contributed by atoms with Gasteiger partial charge in [0.15, 0.2) is 5.54 Å². The SMILES string of the molecule is COCC(N)(C#N)COC. The molecule has 0 aromatic carbocycles. The van der Waals surface area contributed by atoms with E-state index < -0.39 is 5.54 Å². The molecule has 0 saturated carbocycles. The second kappa shape index (κ2) is 4.23. The number of nitriles is 1. The molecule has 0 atom stereocenters. The van der Waals surface area contributed by atoms with Gasteiger partial charge in [0.25, 0.3) is 0 Å². The Hall–Kier alpha value is -0.630. The van der Waals surface area contributed by atoms with Gasteiger partial charge in [-0.2, -0.15) is 5.26 Å². The number of rotatable bonds is 4. The summed E-state index contributed by atoms with van der Waals surface area (Å²) in [6, 6.07) is 1.91. The largest absolute Gasteiger partial charge is 0.382 e. The van der Waals surface area contributed by atoms with Crippen molar-refractivity contribution in [2.75, 3.05) is 27.4 Å². The van der Waals surface area contributed by atoms with Crippen LogP contribution in [0, 0.1) is 11.3 Å². The first-order valence-electron chi connectivity index (χ1n) is 2.86. The van der Waals surface area contributed by atoms with Crippen molar-refractivity contribution in [2.45, 2.75) is 5.54 Å². The molecule has 0 aliphatic carbocycles. The summed E-state index contributed by atoms with van der Waals surface area (Å²) in [4.78, 5) is 0. The van der Waals surface area contributed by atoms with Crippen LogP contribution in [0.1, 0.15) is 0 Å². The minimum atomic E-state index is -0.997. The summed E-state index contributed by atoms with van der Waals surface area (Å²) in [5, 5.41) is 8.51. The molecule has 0 aromatic rings. The predicted octanol–water partition coefficient (Wildman–Crippen LogP) is -0.500. The first kappa shape index (κ1) is 9.37. The predicted molar refractivity (Wildman–Crippen MR) is 36.3 cm³/mol. The highest BCUT2D eigenvalue weighted by molar-refractivity contribution is 5.04. The normalized spacial score (nSPS) is 11.0. The second-order valence-electron chi connectivity index (χ2n) is 2.13. The Morgan fingerprint density at radius 1 is 1.40 bits per heavy atom. The molecule has 4 nitrogen and oxygen atoms in total. The maximum atomic E-state index is 8.51. The van der Waals surface area contributed by atoms with Gasteiger partial charge in [-0.3, -0.25) is 0 Å². The summed E-state index contributed by atoms with van der Waals surface area (Å²) in [7, 11) is 2.99. The zero-order chi connectivity index (χ0) is 8.04. The topological polar surface area (TPSA) is 68.3 Å². The minimum absolute atomic E-state index is 0.192. The van der Waals surface area contributed by atoms with Crippen molar-refractivity contribution in [1.29, 1.82) is 5.26 Å². The van der Waals surface area contributed by atoms with Crippen LogP contribution in [0.4, 0.5) is 0 Å². The first-order valence-corrected chi connectivity index (χ1v) is 2.86. The van der Waals surface area contributed by atoms with Crippen molar-refractivity contribution >= 4 is 0 Å². The van der Waals surface area contributed by atoms with Gasteiger partial charge in [0.05, 0.1) is 19.3 Å². The molecule has 0 radical (unpaired) electrons. The van der Waals surface area contributed by atoms with E-state index in [1.165, 1.54) is 14.2 Å². The van der Waals surface area contributed by atoms with Gasteiger partial charge in [0.2, 0.25) is 0 Å². The minimum Gasteiger partial charge on any atom is -0.382 e. The standard InChI is InChI=1S/C6H12N2O2/c1-9-4-6(8,3-7)5-10-2/h4-5,8H2,1-2H3. The number of ether oxygens (including phenoxy) is 2. The van der Waals surface area contributed by atoms with Crippen LogP contribution in [-0.4, -0.2) is 33.0 Å². The van der Waals surface area contributed by atoms with Crippen LogP contribution in [0.25, 0.3) is 0 Å². The van der Waals surface area contributed by atoms with Gasteiger partial charge in [0, 0.05) is 14.2 Å². The molecular formula is C6H12N2O2. The van der Waals surface area contributed by atoms with Crippen LogP contribution in [0.15, 0.2) is 0 Å². The number of nitrogens with zero attached hydrogens (tertiary/aromatic N) is 1. The molecule has 0 unspecified atom stereocenters. The Bertz CT molecular complexity index is 124. The van der Waals surface area contributed by atoms with Gasteiger partial charge in [-0.25, -0.2) is 0 Å². The Kier molecular flexibility index (Phi) is 3.96. The molecule has 0 rings (SSSR count). The summed E-state index contributed by atoms with van der Waals surface area (Å²) in [5.74, 6) is 0. The third kappa shape index (κ3) is 2.78. The monoisotopic (exact) mass is 144 g/mol. The number of nitrogens with two attached hydrogens (primary N) is 1. The molecular weight excluding hydrogens is 132 g/mol. The summed E-state index contributed by atoms with van der Waals surface area (Å²) in [6.07, 6.45) is 0. The molecule has 0 saturated heterocycles. The molecule has 0 aliphatic rings. The van der Waals surface area contributed by atoms with Crippen molar-refractivity contribution in [1.82, 2.24) is 0 Å². The number of hydrogen-bond donors (Lipinski definition) is 1. The summed E-state index contributed by atoms with van der Waals surface area (Å²) in [6.45, 7) is 0.384. The van der Waals surface area contributed by atoms with Gasteiger partial charge in [-0.05, 0) is 0 Å². The van der Waals surface area contributed by atoms with E-state index in [1.54, 1.807) is 0 Å². The van der Waals surface area contributed by atoms with Crippen molar-refractivity contribution in [2.24, 2.45) is 5.73 Å². The lowest BCUT2D eigenvalue weighted by Crippen LogP contribution is -2.46. The van der Waals surface area contributed by atoms with E-state index in [-0.39, 0.29) is 13.2 Å². The third-order valence-electron chi connectivity index (χ3n) is 1.03. The van der Waals surface area contributed by atoms with Gasteiger partial charge in [0.1, 0.15) is 0 Å². The van der Waals surface area contributed by atoms with E-state index in [0.29, 0.717) is 0 Å². The molecule has 4 heteroatoms.